The van der Waals surface area contributed by atoms with E-state index in [1.807, 2.05) is 0 Å². The Hall–Kier alpha value is -1.80. The van der Waals surface area contributed by atoms with E-state index < -0.39 is 9.84 Å². The zero-order valence-electron chi connectivity index (χ0n) is 16.0. The second kappa shape index (κ2) is 8.73. The van der Waals surface area contributed by atoms with Crippen molar-refractivity contribution in [2.24, 2.45) is 0 Å². The molecule has 0 saturated carbocycles. The summed E-state index contributed by atoms with van der Waals surface area (Å²) < 4.78 is 30.1. The Morgan fingerprint density at radius 1 is 1.35 bits per heavy atom. The Balaban J connectivity index is 2.29. The van der Waals surface area contributed by atoms with Crippen LogP contribution < -0.4 is 15.4 Å². The fraction of sp³-hybridized carbons (Fsp3) is 0.611. The number of amides is 1. The van der Waals surface area contributed by atoms with Crippen LogP contribution in [0.3, 0.4) is 0 Å². The molecule has 1 amide bonds. The monoisotopic (exact) mass is 383 g/mol. The van der Waals surface area contributed by atoms with Crippen molar-refractivity contribution in [1.82, 2.24) is 10.2 Å². The van der Waals surface area contributed by atoms with Crippen LogP contribution in [0.2, 0.25) is 0 Å². The van der Waals surface area contributed by atoms with Gasteiger partial charge in [0.15, 0.2) is 9.84 Å². The summed E-state index contributed by atoms with van der Waals surface area (Å²) in [6.07, 6.45) is 2.19. The fourth-order valence-corrected chi connectivity index (χ4v) is 4.47. The smallest absolute Gasteiger partial charge is 0.255 e. The van der Waals surface area contributed by atoms with E-state index in [0.717, 1.165) is 25.9 Å². The van der Waals surface area contributed by atoms with Gasteiger partial charge in [-0.05, 0) is 32.0 Å². The molecule has 2 rings (SSSR count). The summed E-state index contributed by atoms with van der Waals surface area (Å²) >= 11 is 0. The van der Waals surface area contributed by atoms with Gasteiger partial charge in [0.05, 0.1) is 29.0 Å². The van der Waals surface area contributed by atoms with Crippen LogP contribution in [-0.2, 0) is 9.84 Å². The maximum atomic E-state index is 12.7. The maximum absolute atomic E-state index is 12.7. The second-order valence-corrected chi connectivity index (χ2v) is 8.58. The number of likely N-dealkylation sites (N-methyl/N-ethyl adjacent to an activating group) is 1. The molecule has 1 heterocycles. The van der Waals surface area contributed by atoms with E-state index in [2.05, 4.69) is 22.5 Å². The Bertz CT molecular complexity index is 749. The van der Waals surface area contributed by atoms with Crippen LogP contribution in [-0.4, -0.2) is 64.8 Å². The number of likely N-dealkylation sites (tertiary alicyclic amines) is 1. The molecule has 7 nitrogen and oxygen atoms in total. The number of methoxy groups -OCH3 is 1. The van der Waals surface area contributed by atoms with E-state index in [1.165, 1.54) is 13.2 Å². The molecule has 2 N–H and O–H groups in total. The van der Waals surface area contributed by atoms with E-state index >= 15 is 0 Å². The number of ether oxygens (including phenoxy) is 1. The van der Waals surface area contributed by atoms with Gasteiger partial charge in [0.25, 0.3) is 5.91 Å². The van der Waals surface area contributed by atoms with Gasteiger partial charge in [-0.3, -0.25) is 9.69 Å². The van der Waals surface area contributed by atoms with Gasteiger partial charge >= 0.3 is 0 Å². The van der Waals surface area contributed by atoms with E-state index in [9.17, 15) is 13.2 Å². The highest BCUT2D eigenvalue weighted by Crippen LogP contribution is 2.31. The normalized spacial score (nSPS) is 17.9. The molecule has 146 valence electrons. The first kappa shape index (κ1) is 20.5. The molecule has 0 spiro atoms. The second-order valence-electron chi connectivity index (χ2n) is 6.34. The van der Waals surface area contributed by atoms with Crippen LogP contribution in [0.4, 0.5) is 5.69 Å². The Kier molecular flexibility index (Phi) is 6.88. The molecule has 26 heavy (non-hydrogen) atoms. The molecule has 1 aliphatic rings. The largest absolute Gasteiger partial charge is 0.496 e. The minimum Gasteiger partial charge on any atom is -0.496 e. The SMILES string of the molecule is CCN1CCCC1CNC(=O)c1cc(S(=O)(=O)CC)c(NC)cc1OC. The number of hydrogen-bond acceptors (Lipinski definition) is 6. The lowest BCUT2D eigenvalue weighted by atomic mass is 10.1. The van der Waals surface area contributed by atoms with Crippen molar-refractivity contribution in [2.45, 2.75) is 37.6 Å². The van der Waals surface area contributed by atoms with Crippen molar-refractivity contribution in [3.63, 3.8) is 0 Å². The Labute approximate surface area is 156 Å². The highest BCUT2D eigenvalue weighted by Gasteiger charge is 2.26. The average molecular weight is 384 g/mol. The van der Waals surface area contributed by atoms with Crippen molar-refractivity contribution in [3.05, 3.63) is 17.7 Å². The third-order valence-corrected chi connectivity index (χ3v) is 6.70. The van der Waals surface area contributed by atoms with E-state index in [1.54, 1.807) is 20.0 Å². The molecule has 0 bridgehead atoms. The first-order valence-corrected chi connectivity index (χ1v) is 10.7. The average Bonchev–Trinajstić information content (AvgIpc) is 3.12. The predicted octanol–water partition coefficient (Wildman–Crippen LogP) is 1.74. The Morgan fingerprint density at radius 3 is 2.65 bits per heavy atom. The summed E-state index contributed by atoms with van der Waals surface area (Å²) in [6, 6.07) is 3.29. The Morgan fingerprint density at radius 2 is 2.08 bits per heavy atom. The van der Waals surface area contributed by atoms with Crippen LogP contribution >= 0.6 is 0 Å². The maximum Gasteiger partial charge on any atom is 0.255 e. The van der Waals surface area contributed by atoms with Gasteiger partial charge in [0.1, 0.15) is 5.75 Å². The lowest BCUT2D eigenvalue weighted by Gasteiger charge is -2.23. The van der Waals surface area contributed by atoms with Crippen molar-refractivity contribution in [2.75, 3.05) is 44.9 Å². The molecular weight excluding hydrogens is 354 g/mol. The fourth-order valence-electron chi connectivity index (χ4n) is 3.36. The quantitative estimate of drug-likeness (QED) is 0.711. The van der Waals surface area contributed by atoms with Crippen LogP contribution in [0.5, 0.6) is 5.75 Å². The summed E-state index contributed by atoms with van der Waals surface area (Å²) in [5.41, 5.74) is 0.660. The van der Waals surface area contributed by atoms with Crippen molar-refractivity contribution >= 4 is 21.4 Å². The molecule has 1 unspecified atom stereocenters. The minimum absolute atomic E-state index is 0.0391. The number of nitrogens with zero attached hydrogens (tertiary/aromatic N) is 1. The van der Waals surface area contributed by atoms with Crippen molar-refractivity contribution in [3.8, 4) is 5.75 Å². The number of sulfone groups is 1. The van der Waals surface area contributed by atoms with E-state index in [0.29, 0.717) is 24.0 Å². The van der Waals surface area contributed by atoms with Crippen LogP contribution in [0.15, 0.2) is 17.0 Å². The zero-order valence-corrected chi connectivity index (χ0v) is 16.8. The summed E-state index contributed by atoms with van der Waals surface area (Å²) in [4.78, 5) is 15.2. The topological polar surface area (TPSA) is 87.7 Å². The summed E-state index contributed by atoms with van der Waals surface area (Å²) in [5.74, 6) is -0.0107. The summed E-state index contributed by atoms with van der Waals surface area (Å²) in [6.45, 7) is 6.24. The van der Waals surface area contributed by atoms with Gasteiger partial charge in [-0.15, -0.1) is 0 Å². The molecule has 1 aromatic carbocycles. The lowest BCUT2D eigenvalue weighted by Crippen LogP contribution is -2.40. The minimum atomic E-state index is -3.47. The number of benzene rings is 1. The third-order valence-electron chi connectivity index (χ3n) is 4.93. The first-order chi connectivity index (χ1) is 12.4. The van der Waals surface area contributed by atoms with Gasteiger partial charge in [-0.25, -0.2) is 8.42 Å². The summed E-state index contributed by atoms with van der Waals surface area (Å²) in [7, 11) is -0.362. The molecule has 1 fully saturated rings. The first-order valence-electron chi connectivity index (χ1n) is 9.02. The number of carbonyl (C=O) groups is 1. The van der Waals surface area contributed by atoms with Gasteiger partial charge in [0, 0.05) is 25.7 Å². The molecule has 8 heteroatoms. The molecule has 1 atom stereocenters. The van der Waals surface area contributed by atoms with E-state index in [-0.39, 0.29) is 22.1 Å². The number of hydrogen-bond donors (Lipinski definition) is 2. The number of nitrogens with one attached hydrogen (secondary N) is 2. The van der Waals surface area contributed by atoms with Gasteiger partial charge < -0.3 is 15.4 Å². The van der Waals surface area contributed by atoms with Gasteiger partial charge in [0.2, 0.25) is 0 Å². The highest BCUT2D eigenvalue weighted by atomic mass is 32.2. The zero-order chi connectivity index (χ0) is 19.3. The summed E-state index contributed by atoms with van der Waals surface area (Å²) in [5, 5.41) is 5.81. The predicted molar refractivity (Wildman–Crippen MR) is 103 cm³/mol. The number of carbonyl (C=O) groups excluding carboxylic acids is 1. The lowest BCUT2D eigenvalue weighted by molar-refractivity contribution is 0.0938. The van der Waals surface area contributed by atoms with Gasteiger partial charge in [-0.2, -0.15) is 0 Å². The molecule has 1 aliphatic heterocycles. The number of rotatable bonds is 8. The molecule has 1 aromatic rings. The van der Waals surface area contributed by atoms with Gasteiger partial charge in [-0.1, -0.05) is 13.8 Å². The molecule has 0 radical (unpaired) electrons. The van der Waals surface area contributed by atoms with E-state index in [4.69, 9.17) is 4.74 Å². The number of anilines is 1. The molecule has 1 saturated heterocycles. The van der Waals surface area contributed by atoms with Crippen molar-refractivity contribution < 1.29 is 17.9 Å². The standard InChI is InChI=1S/C18H29N3O4S/c1-5-21-9-7-8-13(21)12-20-18(22)14-10-17(26(23,24)6-2)15(19-3)11-16(14)25-4/h10-11,13,19H,5-9,12H2,1-4H3,(H,20,22). The highest BCUT2D eigenvalue weighted by molar-refractivity contribution is 7.91. The molecule has 0 aliphatic carbocycles. The van der Waals surface area contributed by atoms with Crippen LogP contribution in [0.25, 0.3) is 0 Å². The van der Waals surface area contributed by atoms with Crippen molar-refractivity contribution in [1.29, 1.82) is 0 Å². The third kappa shape index (κ3) is 4.29. The molecular formula is C18H29N3O4S. The molecule has 0 aromatic heterocycles. The van der Waals surface area contributed by atoms with Crippen LogP contribution in [0, 0.1) is 0 Å². The van der Waals surface area contributed by atoms with Crippen LogP contribution in [0.1, 0.15) is 37.0 Å².